The minimum Gasteiger partial charge on any atom is -0.393 e. The molecule has 2 aliphatic rings. The van der Waals surface area contributed by atoms with E-state index in [1.54, 1.807) is 11.2 Å². The Bertz CT molecular complexity index is 572. The fraction of sp³-hybridized carbons (Fsp3) is 0.600. The van der Waals surface area contributed by atoms with Crippen LogP contribution in [0.2, 0.25) is 0 Å². The highest BCUT2D eigenvalue weighted by Crippen LogP contribution is 2.31. The molecule has 1 heterocycles. The number of nitrogens with zero attached hydrogens (tertiary/aromatic N) is 1. The summed E-state index contributed by atoms with van der Waals surface area (Å²) in [5.74, 6) is 0.0774. The smallest absolute Gasteiger partial charge is 0.217 e. The summed E-state index contributed by atoms with van der Waals surface area (Å²) in [4.78, 5) is 0. The first-order valence-corrected chi connectivity index (χ1v) is 8.72. The number of sulfonamides is 1. The standard InChI is InChI=1S/C15H21NO3S/c1-11(17)14-6-7-16(10-14)20(18,19)15-8-12-4-2-3-5-13(12)9-15/h2-5,11,14-15,17H,6-10H2,1H3. The largest absolute Gasteiger partial charge is 0.393 e. The molecular formula is C15H21NO3S. The van der Waals surface area contributed by atoms with Gasteiger partial charge in [0, 0.05) is 13.1 Å². The van der Waals surface area contributed by atoms with Crippen LogP contribution < -0.4 is 0 Å². The van der Waals surface area contributed by atoms with Gasteiger partial charge in [0.1, 0.15) is 0 Å². The Morgan fingerprint density at radius 1 is 1.25 bits per heavy atom. The SMILES string of the molecule is CC(O)C1CCN(S(=O)(=O)C2Cc3ccccc3C2)C1. The van der Waals surface area contributed by atoms with Crippen LogP contribution in [0.5, 0.6) is 0 Å². The van der Waals surface area contributed by atoms with E-state index in [0.717, 1.165) is 17.5 Å². The van der Waals surface area contributed by atoms with Crippen LogP contribution in [-0.2, 0) is 22.9 Å². The third kappa shape index (κ3) is 2.38. The minimum absolute atomic E-state index is 0.0774. The third-order valence-corrected chi connectivity index (χ3v) is 6.89. The summed E-state index contributed by atoms with van der Waals surface area (Å²) in [7, 11) is -3.25. The first kappa shape index (κ1) is 14.0. The molecule has 1 saturated heterocycles. The monoisotopic (exact) mass is 295 g/mol. The molecule has 1 aromatic carbocycles. The first-order chi connectivity index (χ1) is 9.48. The van der Waals surface area contributed by atoms with E-state index in [-0.39, 0.29) is 11.2 Å². The number of hydrogen-bond donors (Lipinski definition) is 1. The fourth-order valence-electron chi connectivity index (χ4n) is 3.32. The molecule has 1 fully saturated rings. The average molecular weight is 295 g/mol. The van der Waals surface area contributed by atoms with Crippen molar-refractivity contribution in [2.75, 3.05) is 13.1 Å². The summed E-state index contributed by atoms with van der Waals surface area (Å²) < 4.78 is 27.0. The molecule has 0 spiro atoms. The topological polar surface area (TPSA) is 57.6 Å². The second kappa shape index (κ2) is 5.13. The quantitative estimate of drug-likeness (QED) is 0.911. The molecular weight excluding hydrogens is 274 g/mol. The second-order valence-electron chi connectivity index (χ2n) is 5.99. The van der Waals surface area contributed by atoms with Crippen LogP contribution in [-0.4, -0.2) is 42.3 Å². The summed E-state index contributed by atoms with van der Waals surface area (Å²) in [5.41, 5.74) is 2.32. The van der Waals surface area contributed by atoms with E-state index in [9.17, 15) is 13.5 Å². The van der Waals surface area contributed by atoms with Crippen molar-refractivity contribution in [3.05, 3.63) is 35.4 Å². The molecule has 1 aromatic rings. The van der Waals surface area contributed by atoms with E-state index in [1.165, 1.54) is 0 Å². The predicted octanol–water partition coefficient (Wildman–Crippen LogP) is 1.19. The molecule has 2 unspecified atom stereocenters. The lowest BCUT2D eigenvalue weighted by molar-refractivity contribution is 0.132. The molecule has 0 amide bonds. The van der Waals surface area contributed by atoms with Crippen molar-refractivity contribution in [3.8, 4) is 0 Å². The average Bonchev–Trinajstić information content (AvgIpc) is 3.06. The van der Waals surface area contributed by atoms with E-state index in [4.69, 9.17) is 0 Å². The van der Waals surface area contributed by atoms with E-state index >= 15 is 0 Å². The van der Waals surface area contributed by atoms with Gasteiger partial charge in [-0.15, -0.1) is 0 Å². The summed E-state index contributed by atoms with van der Waals surface area (Å²) >= 11 is 0. The summed E-state index contributed by atoms with van der Waals surface area (Å²) in [6.45, 7) is 2.75. The lowest BCUT2D eigenvalue weighted by Crippen LogP contribution is -2.38. The second-order valence-corrected chi connectivity index (χ2v) is 8.20. The molecule has 0 bridgehead atoms. The first-order valence-electron chi connectivity index (χ1n) is 7.22. The molecule has 5 heteroatoms. The van der Waals surface area contributed by atoms with Crippen molar-refractivity contribution in [2.24, 2.45) is 5.92 Å². The Morgan fingerprint density at radius 2 is 1.85 bits per heavy atom. The van der Waals surface area contributed by atoms with Crippen LogP contribution in [0.4, 0.5) is 0 Å². The van der Waals surface area contributed by atoms with Gasteiger partial charge in [0.25, 0.3) is 0 Å². The zero-order chi connectivity index (χ0) is 14.3. The van der Waals surface area contributed by atoms with E-state index in [1.807, 2.05) is 24.3 Å². The van der Waals surface area contributed by atoms with Gasteiger partial charge in [-0.05, 0) is 43.2 Å². The van der Waals surface area contributed by atoms with Crippen LogP contribution >= 0.6 is 0 Å². The summed E-state index contributed by atoms with van der Waals surface area (Å²) in [5, 5.41) is 9.30. The normalized spacial score (nSPS) is 25.8. The molecule has 4 nitrogen and oxygen atoms in total. The van der Waals surface area contributed by atoms with Crippen molar-refractivity contribution in [3.63, 3.8) is 0 Å². The maximum Gasteiger partial charge on any atom is 0.217 e. The highest BCUT2D eigenvalue weighted by molar-refractivity contribution is 7.89. The molecule has 0 aromatic heterocycles. The predicted molar refractivity (Wildman–Crippen MR) is 77.9 cm³/mol. The van der Waals surface area contributed by atoms with Crippen LogP contribution in [0.3, 0.4) is 0 Å². The van der Waals surface area contributed by atoms with Crippen LogP contribution in [0.25, 0.3) is 0 Å². The molecule has 1 aliphatic heterocycles. The van der Waals surface area contributed by atoms with Gasteiger partial charge in [-0.25, -0.2) is 12.7 Å². The molecule has 20 heavy (non-hydrogen) atoms. The molecule has 2 atom stereocenters. The minimum atomic E-state index is -3.25. The lowest BCUT2D eigenvalue weighted by Gasteiger charge is -2.21. The zero-order valence-electron chi connectivity index (χ0n) is 11.7. The van der Waals surface area contributed by atoms with Gasteiger partial charge in [-0.2, -0.15) is 0 Å². The number of aliphatic hydroxyl groups excluding tert-OH is 1. The number of rotatable bonds is 3. The highest BCUT2D eigenvalue weighted by Gasteiger charge is 2.40. The Kier molecular flexibility index (Phi) is 3.60. The molecule has 1 aliphatic carbocycles. The van der Waals surface area contributed by atoms with Gasteiger partial charge in [0.15, 0.2) is 0 Å². The Labute approximate surface area is 120 Å². The third-order valence-electron chi connectivity index (χ3n) is 4.66. The van der Waals surface area contributed by atoms with Crippen molar-refractivity contribution in [1.29, 1.82) is 0 Å². The van der Waals surface area contributed by atoms with Gasteiger partial charge in [-0.1, -0.05) is 24.3 Å². The van der Waals surface area contributed by atoms with Gasteiger partial charge >= 0.3 is 0 Å². The molecule has 1 N–H and O–H groups in total. The fourth-order valence-corrected chi connectivity index (χ4v) is 5.28. The maximum atomic E-state index is 12.7. The Balaban J connectivity index is 1.75. The van der Waals surface area contributed by atoms with E-state index < -0.39 is 16.1 Å². The van der Waals surface area contributed by atoms with Crippen LogP contribution in [0, 0.1) is 5.92 Å². The van der Waals surface area contributed by atoms with Crippen molar-refractivity contribution in [1.82, 2.24) is 4.31 Å². The van der Waals surface area contributed by atoms with Gasteiger partial charge in [0.2, 0.25) is 10.0 Å². The van der Waals surface area contributed by atoms with Crippen molar-refractivity contribution < 1.29 is 13.5 Å². The zero-order valence-corrected chi connectivity index (χ0v) is 12.5. The van der Waals surface area contributed by atoms with Gasteiger partial charge in [0.05, 0.1) is 11.4 Å². The van der Waals surface area contributed by atoms with Crippen LogP contribution in [0.15, 0.2) is 24.3 Å². The number of hydrogen-bond acceptors (Lipinski definition) is 3. The van der Waals surface area contributed by atoms with Gasteiger partial charge < -0.3 is 5.11 Å². The maximum absolute atomic E-state index is 12.7. The van der Waals surface area contributed by atoms with E-state index in [0.29, 0.717) is 25.9 Å². The molecule has 3 rings (SSSR count). The Morgan fingerprint density at radius 3 is 2.35 bits per heavy atom. The molecule has 110 valence electrons. The lowest BCUT2D eigenvalue weighted by atomic mass is 10.0. The molecule has 0 saturated carbocycles. The summed E-state index contributed by atoms with van der Waals surface area (Å²) in [6, 6.07) is 7.97. The number of benzene rings is 1. The summed E-state index contributed by atoms with van der Waals surface area (Å²) in [6.07, 6.45) is 1.56. The Hall–Kier alpha value is -0.910. The van der Waals surface area contributed by atoms with Crippen molar-refractivity contribution >= 4 is 10.0 Å². The van der Waals surface area contributed by atoms with E-state index in [2.05, 4.69) is 0 Å². The van der Waals surface area contributed by atoms with Crippen molar-refractivity contribution in [2.45, 2.75) is 37.5 Å². The molecule has 0 radical (unpaired) electrons. The number of aliphatic hydroxyl groups is 1. The number of fused-ring (bicyclic) bond motifs is 1. The van der Waals surface area contributed by atoms with Crippen LogP contribution in [0.1, 0.15) is 24.5 Å². The highest BCUT2D eigenvalue weighted by atomic mass is 32.2. The van der Waals surface area contributed by atoms with Gasteiger partial charge in [-0.3, -0.25) is 0 Å².